The highest BCUT2D eigenvalue weighted by atomic mass is 32.2. The third-order valence-electron chi connectivity index (χ3n) is 3.84. The maximum Gasteiger partial charge on any atom is 0.307 e. The van der Waals surface area contributed by atoms with E-state index in [-0.39, 0.29) is 42.5 Å². The van der Waals surface area contributed by atoms with Gasteiger partial charge in [0.15, 0.2) is 12.4 Å². The summed E-state index contributed by atoms with van der Waals surface area (Å²) in [5, 5.41) is 3.08. The summed E-state index contributed by atoms with van der Waals surface area (Å²) in [6, 6.07) is 13.8. The van der Waals surface area contributed by atoms with Gasteiger partial charge in [0.2, 0.25) is 11.9 Å². The van der Waals surface area contributed by atoms with Crippen LogP contribution in [0, 0.1) is 12.7 Å². The number of esters is 1. The Morgan fingerprint density at radius 3 is 2.66 bits per heavy atom. The van der Waals surface area contributed by atoms with E-state index in [1.807, 2.05) is 31.2 Å². The second-order valence-electron chi connectivity index (χ2n) is 6.09. The quantitative estimate of drug-likeness (QED) is 0.424. The Kier molecular flexibility index (Phi) is 6.96. The minimum Gasteiger partial charge on any atom is -0.457 e. The van der Waals surface area contributed by atoms with Crippen molar-refractivity contribution in [3.05, 3.63) is 65.7 Å². The fraction of sp³-hybridized carbons (Fsp3) is 0.200. The number of hydrogen-bond donors (Lipinski definition) is 2. The van der Waals surface area contributed by atoms with E-state index in [0.717, 1.165) is 16.1 Å². The van der Waals surface area contributed by atoms with Crippen LogP contribution in [0.3, 0.4) is 0 Å². The Labute approximate surface area is 171 Å². The Morgan fingerprint density at radius 2 is 1.90 bits per heavy atom. The second kappa shape index (κ2) is 9.83. The number of hydrogen-bond acceptors (Lipinski definition) is 8. The Hall–Kier alpha value is -3.20. The van der Waals surface area contributed by atoms with Crippen LogP contribution in [-0.4, -0.2) is 26.7 Å². The molecule has 3 aromatic rings. The van der Waals surface area contributed by atoms with Gasteiger partial charge in [-0.2, -0.15) is 15.0 Å². The lowest BCUT2D eigenvalue weighted by Gasteiger charge is -2.09. The first-order chi connectivity index (χ1) is 14.0. The molecule has 0 aliphatic rings. The van der Waals surface area contributed by atoms with Crippen LogP contribution in [0.25, 0.3) is 0 Å². The molecule has 9 heteroatoms. The lowest BCUT2D eigenvalue weighted by Crippen LogP contribution is -2.11. The van der Waals surface area contributed by atoms with E-state index >= 15 is 0 Å². The molecule has 3 N–H and O–H groups in total. The molecule has 0 bridgehead atoms. The smallest absolute Gasteiger partial charge is 0.307 e. The van der Waals surface area contributed by atoms with E-state index in [9.17, 15) is 9.18 Å². The SMILES string of the molecule is Cc1ccccc1Nc1nc(N)nc(COC(=O)CCSc2ccc(F)cc2)n1. The summed E-state index contributed by atoms with van der Waals surface area (Å²) in [6.45, 7) is 1.86. The molecule has 3 rings (SSSR count). The first-order valence-electron chi connectivity index (χ1n) is 8.86. The number of nitrogens with zero attached hydrogens (tertiary/aromatic N) is 3. The van der Waals surface area contributed by atoms with Crippen molar-refractivity contribution in [2.45, 2.75) is 24.8 Å². The molecule has 0 fully saturated rings. The number of aryl methyl sites for hydroxylation is 1. The number of carbonyl (C=O) groups is 1. The lowest BCUT2D eigenvalue weighted by atomic mass is 10.2. The maximum absolute atomic E-state index is 12.9. The van der Waals surface area contributed by atoms with Gasteiger partial charge in [-0.1, -0.05) is 18.2 Å². The van der Waals surface area contributed by atoms with Crippen molar-refractivity contribution in [3.63, 3.8) is 0 Å². The average molecular weight is 413 g/mol. The number of rotatable bonds is 8. The fourth-order valence-corrected chi connectivity index (χ4v) is 3.23. The molecule has 0 unspecified atom stereocenters. The van der Waals surface area contributed by atoms with E-state index in [0.29, 0.717) is 5.75 Å². The van der Waals surface area contributed by atoms with E-state index in [4.69, 9.17) is 10.5 Å². The minimum absolute atomic E-state index is 0.0361. The van der Waals surface area contributed by atoms with Gasteiger partial charge in [0.25, 0.3) is 0 Å². The van der Waals surface area contributed by atoms with Gasteiger partial charge in [-0.25, -0.2) is 4.39 Å². The molecule has 0 aliphatic heterocycles. The Bertz CT molecular complexity index is 985. The molecular formula is C20H20FN5O2S. The number of carbonyl (C=O) groups excluding carboxylic acids is 1. The van der Waals surface area contributed by atoms with Crippen molar-refractivity contribution in [3.8, 4) is 0 Å². The standard InChI is InChI=1S/C20H20FN5O2S/c1-13-4-2-3-5-16(13)23-20-25-17(24-19(22)26-20)12-28-18(27)10-11-29-15-8-6-14(21)7-9-15/h2-9H,10-12H2,1H3,(H3,22,23,24,25,26). The molecule has 0 saturated carbocycles. The number of para-hydroxylation sites is 1. The highest BCUT2D eigenvalue weighted by Crippen LogP contribution is 2.20. The van der Waals surface area contributed by atoms with Crippen molar-refractivity contribution in [2.24, 2.45) is 0 Å². The average Bonchev–Trinajstić information content (AvgIpc) is 2.69. The minimum atomic E-state index is -0.382. The Balaban J connectivity index is 1.50. The number of benzene rings is 2. The van der Waals surface area contributed by atoms with Crippen LogP contribution in [0.5, 0.6) is 0 Å². The molecule has 1 heterocycles. The summed E-state index contributed by atoms with van der Waals surface area (Å²) in [6.07, 6.45) is 0.205. The van der Waals surface area contributed by atoms with E-state index < -0.39 is 0 Å². The van der Waals surface area contributed by atoms with Crippen LogP contribution in [0.1, 0.15) is 17.8 Å². The molecule has 0 atom stereocenters. The monoisotopic (exact) mass is 413 g/mol. The van der Waals surface area contributed by atoms with Crippen LogP contribution in [0.2, 0.25) is 0 Å². The first-order valence-corrected chi connectivity index (χ1v) is 9.85. The summed E-state index contributed by atoms with van der Waals surface area (Å²) >= 11 is 1.45. The largest absolute Gasteiger partial charge is 0.457 e. The number of ether oxygens (including phenoxy) is 1. The summed E-state index contributed by atoms with van der Waals surface area (Å²) in [5.41, 5.74) is 7.61. The summed E-state index contributed by atoms with van der Waals surface area (Å²) in [7, 11) is 0. The number of nitrogens with one attached hydrogen (secondary N) is 1. The fourth-order valence-electron chi connectivity index (χ4n) is 2.39. The molecule has 0 radical (unpaired) electrons. The first kappa shape index (κ1) is 20.5. The summed E-state index contributed by atoms with van der Waals surface area (Å²) in [5.74, 6) is 0.421. The molecule has 7 nitrogen and oxygen atoms in total. The number of nitrogen functional groups attached to an aromatic ring is 1. The zero-order chi connectivity index (χ0) is 20.6. The number of nitrogens with two attached hydrogens (primary N) is 1. The van der Waals surface area contributed by atoms with Gasteiger partial charge in [0.1, 0.15) is 5.82 Å². The van der Waals surface area contributed by atoms with Gasteiger partial charge in [0.05, 0.1) is 6.42 Å². The van der Waals surface area contributed by atoms with Gasteiger partial charge in [-0.3, -0.25) is 4.79 Å². The molecule has 0 amide bonds. The van der Waals surface area contributed by atoms with Crippen molar-refractivity contribution >= 4 is 35.3 Å². The second-order valence-corrected chi connectivity index (χ2v) is 7.25. The maximum atomic E-state index is 12.9. The van der Waals surface area contributed by atoms with Crippen LogP contribution >= 0.6 is 11.8 Å². The number of halogens is 1. The van der Waals surface area contributed by atoms with E-state index in [2.05, 4.69) is 20.3 Å². The Morgan fingerprint density at radius 1 is 1.14 bits per heavy atom. The third-order valence-corrected chi connectivity index (χ3v) is 4.86. The van der Waals surface area contributed by atoms with Crippen molar-refractivity contribution in [2.75, 3.05) is 16.8 Å². The molecule has 0 saturated heterocycles. The van der Waals surface area contributed by atoms with Gasteiger partial charge >= 0.3 is 5.97 Å². The summed E-state index contributed by atoms with van der Waals surface area (Å²) in [4.78, 5) is 25.1. The van der Waals surface area contributed by atoms with E-state index in [1.165, 1.54) is 23.9 Å². The van der Waals surface area contributed by atoms with Crippen molar-refractivity contribution in [1.29, 1.82) is 0 Å². The number of thioether (sulfide) groups is 1. The van der Waals surface area contributed by atoms with E-state index in [1.54, 1.807) is 12.1 Å². The number of anilines is 3. The zero-order valence-electron chi connectivity index (χ0n) is 15.8. The molecule has 0 aliphatic carbocycles. The normalized spacial score (nSPS) is 10.6. The van der Waals surface area contributed by atoms with Gasteiger partial charge in [-0.05, 0) is 42.8 Å². The van der Waals surface area contributed by atoms with Gasteiger partial charge in [-0.15, -0.1) is 11.8 Å². The van der Waals surface area contributed by atoms with Crippen molar-refractivity contribution in [1.82, 2.24) is 15.0 Å². The lowest BCUT2D eigenvalue weighted by molar-refractivity contribution is -0.144. The molecule has 2 aromatic carbocycles. The number of aromatic nitrogens is 3. The summed E-state index contributed by atoms with van der Waals surface area (Å²) < 4.78 is 18.1. The topological polar surface area (TPSA) is 103 Å². The van der Waals surface area contributed by atoms with Crippen LogP contribution in [-0.2, 0) is 16.1 Å². The predicted octanol–water partition coefficient (Wildman–Crippen LogP) is 3.87. The highest BCUT2D eigenvalue weighted by molar-refractivity contribution is 7.99. The zero-order valence-corrected chi connectivity index (χ0v) is 16.6. The molecule has 0 spiro atoms. The van der Waals surface area contributed by atoms with Crippen molar-refractivity contribution < 1.29 is 13.9 Å². The van der Waals surface area contributed by atoms with Crippen LogP contribution in [0.15, 0.2) is 53.4 Å². The van der Waals surface area contributed by atoms with Crippen LogP contribution < -0.4 is 11.1 Å². The van der Waals surface area contributed by atoms with Gasteiger partial charge < -0.3 is 15.8 Å². The highest BCUT2D eigenvalue weighted by Gasteiger charge is 2.10. The predicted molar refractivity (Wildman–Crippen MR) is 110 cm³/mol. The third kappa shape index (κ3) is 6.42. The molecule has 1 aromatic heterocycles. The van der Waals surface area contributed by atoms with Gasteiger partial charge in [0, 0.05) is 16.3 Å². The van der Waals surface area contributed by atoms with Crippen LogP contribution in [0.4, 0.5) is 22.0 Å². The molecular weight excluding hydrogens is 393 g/mol. The molecule has 29 heavy (non-hydrogen) atoms. The molecule has 150 valence electrons.